The lowest BCUT2D eigenvalue weighted by Gasteiger charge is -2.05. The highest BCUT2D eigenvalue weighted by Crippen LogP contribution is 2.27. The highest BCUT2D eigenvalue weighted by molar-refractivity contribution is 14.1. The Morgan fingerprint density at radius 3 is 2.64 bits per heavy atom. The maximum atomic E-state index is 6.16. The molecule has 72 valence electrons. The van der Waals surface area contributed by atoms with Crippen LogP contribution in [0, 0.1) is 17.4 Å². The van der Waals surface area contributed by atoms with Crippen LogP contribution >= 0.6 is 34.2 Å². The molecule has 0 saturated heterocycles. The van der Waals surface area contributed by atoms with Gasteiger partial charge in [-0.15, -0.1) is 0 Å². The predicted octanol–water partition coefficient (Wildman–Crippen LogP) is 4.11. The molecule has 0 amide bonds. The molecule has 0 radical (unpaired) electrons. The van der Waals surface area contributed by atoms with E-state index >= 15 is 0 Å². The van der Waals surface area contributed by atoms with E-state index in [1.54, 1.807) is 0 Å². The van der Waals surface area contributed by atoms with Crippen LogP contribution in [0.1, 0.15) is 11.3 Å². The molecular weight excluding hydrogens is 308 g/mol. The van der Waals surface area contributed by atoms with Gasteiger partial charge in [-0.2, -0.15) is 0 Å². The van der Waals surface area contributed by atoms with E-state index in [9.17, 15) is 0 Å². The fourth-order valence-corrected chi connectivity index (χ4v) is 2.70. The van der Waals surface area contributed by atoms with Crippen molar-refractivity contribution in [2.24, 2.45) is 0 Å². The van der Waals surface area contributed by atoms with Gasteiger partial charge in [-0.25, -0.2) is 0 Å². The Kier molecular flexibility index (Phi) is 2.66. The molecule has 0 spiro atoms. The van der Waals surface area contributed by atoms with E-state index < -0.39 is 0 Å². The number of rotatable bonds is 0. The van der Waals surface area contributed by atoms with E-state index in [0.717, 1.165) is 25.2 Å². The quantitative estimate of drug-likeness (QED) is 0.666. The minimum absolute atomic E-state index is 0.786. The minimum atomic E-state index is 0.786. The summed E-state index contributed by atoms with van der Waals surface area (Å²) in [7, 11) is 0. The molecule has 0 N–H and O–H groups in total. The largest absolute Gasteiger partial charge is 0.252 e. The highest BCUT2D eigenvalue weighted by Gasteiger charge is 2.05. The Labute approximate surface area is 102 Å². The van der Waals surface area contributed by atoms with Gasteiger partial charge in [0.1, 0.15) is 0 Å². The fourth-order valence-electron chi connectivity index (χ4n) is 1.50. The number of benzene rings is 1. The van der Waals surface area contributed by atoms with Gasteiger partial charge in [-0.3, -0.25) is 4.98 Å². The van der Waals surface area contributed by atoms with Crippen LogP contribution in [-0.2, 0) is 0 Å². The molecule has 0 aliphatic heterocycles. The molecule has 0 saturated carbocycles. The van der Waals surface area contributed by atoms with Crippen molar-refractivity contribution in [1.29, 1.82) is 0 Å². The van der Waals surface area contributed by atoms with Gasteiger partial charge in [0.2, 0.25) is 0 Å². The van der Waals surface area contributed by atoms with Crippen LogP contribution in [0.5, 0.6) is 0 Å². The van der Waals surface area contributed by atoms with Crippen molar-refractivity contribution in [2.75, 3.05) is 0 Å². The zero-order valence-electron chi connectivity index (χ0n) is 7.94. The number of hydrogen-bond donors (Lipinski definition) is 0. The summed E-state index contributed by atoms with van der Waals surface area (Å²) in [5, 5.41) is 1.83. The van der Waals surface area contributed by atoms with Crippen LogP contribution in [0.25, 0.3) is 10.9 Å². The second-order valence-electron chi connectivity index (χ2n) is 3.39. The van der Waals surface area contributed by atoms with Crippen molar-refractivity contribution >= 4 is 45.1 Å². The van der Waals surface area contributed by atoms with Crippen molar-refractivity contribution in [2.45, 2.75) is 13.8 Å². The molecule has 0 aliphatic rings. The van der Waals surface area contributed by atoms with E-state index in [4.69, 9.17) is 11.6 Å². The van der Waals surface area contributed by atoms with Crippen molar-refractivity contribution < 1.29 is 0 Å². The van der Waals surface area contributed by atoms with E-state index in [1.807, 2.05) is 13.0 Å². The Hall–Kier alpha value is -0.350. The molecule has 1 heterocycles. The lowest BCUT2D eigenvalue weighted by atomic mass is 10.1. The molecule has 2 aromatic rings. The Balaban J connectivity index is 2.94. The van der Waals surface area contributed by atoms with E-state index in [-0.39, 0.29) is 0 Å². The maximum Gasteiger partial charge on any atom is 0.0853 e. The molecule has 0 bridgehead atoms. The smallest absolute Gasteiger partial charge is 0.0853 e. The number of aryl methyl sites for hydroxylation is 2. The first-order valence-electron chi connectivity index (χ1n) is 4.31. The number of halogens is 2. The third-order valence-electron chi connectivity index (χ3n) is 2.09. The Morgan fingerprint density at radius 2 is 1.93 bits per heavy atom. The van der Waals surface area contributed by atoms with Gasteiger partial charge < -0.3 is 0 Å². The predicted molar refractivity (Wildman–Crippen MR) is 68.9 cm³/mol. The van der Waals surface area contributed by atoms with Gasteiger partial charge in [0.15, 0.2) is 0 Å². The molecule has 0 atom stereocenters. The molecule has 0 aliphatic carbocycles. The highest BCUT2D eigenvalue weighted by atomic mass is 127. The van der Waals surface area contributed by atoms with Crippen LogP contribution < -0.4 is 0 Å². The van der Waals surface area contributed by atoms with Gasteiger partial charge in [0, 0.05) is 14.7 Å². The molecular formula is C11H9ClIN. The standard InChI is InChI=1S/C11H9ClIN/c1-6-3-8-9(12)5-7(2)14-11(8)10(13)4-6/h3-5H,1-2H3. The molecule has 2 rings (SSSR count). The van der Waals surface area contributed by atoms with Crippen molar-refractivity contribution in [3.05, 3.63) is 38.0 Å². The lowest BCUT2D eigenvalue weighted by molar-refractivity contribution is 1.25. The van der Waals surface area contributed by atoms with Gasteiger partial charge in [-0.05, 0) is 60.2 Å². The average molecular weight is 318 g/mol. The summed E-state index contributed by atoms with van der Waals surface area (Å²) in [6.07, 6.45) is 0. The molecule has 1 aromatic carbocycles. The second kappa shape index (κ2) is 3.66. The summed E-state index contributed by atoms with van der Waals surface area (Å²) >= 11 is 8.46. The van der Waals surface area contributed by atoms with Gasteiger partial charge in [-0.1, -0.05) is 11.6 Å². The van der Waals surface area contributed by atoms with Crippen molar-refractivity contribution in [1.82, 2.24) is 4.98 Å². The topological polar surface area (TPSA) is 12.9 Å². The normalized spacial score (nSPS) is 10.9. The Bertz CT molecular complexity index is 461. The summed E-state index contributed by atoms with van der Waals surface area (Å²) in [6, 6.07) is 6.09. The number of nitrogens with zero attached hydrogens (tertiary/aromatic N) is 1. The third kappa shape index (κ3) is 1.73. The summed E-state index contributed by atoms with van der Waals surface area (Å²) in [5.74, 6) is 0. The second-order valence-corrected chi connectivity index (χ2v) is 4.96. The maximum absolute atomic E-state index is 6.16. The average Bonchev–Trinajstić information content (AvgIpc) is 2.07. The molecule has 0 fully saturated rings. The SMILES string of the molecule is Cc1cc(I)c2nc(C)cc(Cl)c2c1. The minimum Gasteiger partial charge on any atom is -0.252 e. The van der Waals surface area contributed by atoms with Gasteiger partial charge in [0.05, 0.1) is 10.5 Å². The summed E-state index contributed by atoms with van der Waals surface area (Å²) in [5.41, 5.74) is 3.18. The molecule has 1 aromatic heterocycles. The Morgan fingerprint density at radius 1 is 1.21 bits per heavy atom. The molecule has 0 unspecified atom stereocenters. The third-order valence-corrected chi connectivity index (χ3v) is 3.22. The lowest BCUT2D eigenvalue weighted by Crippen LogP contribution is -1.89. The number of pyridine rings is 1. The van der Waals surface area contributed by atoms with E-state index in [0.29, 0.717) is 0 Å². The van der Waals surface area contributed by atoms with E-state index in [1.165, 1.54) is 5.56 Å². The summed E-state index contributed by atoms with van der Waals surface area (Å²) in [4.78, 5) is 4.49. The zero-order chi connectivity index (χ0) is 10.3. The van der Waals surface area contributed by atoms with Crippen LogP contribution in [-0.4, -0.2) is 4.98 Å². The molecule has 3 heteroatoms. The first kappa shape index (κ1) is 10.2. The van der Waals surface area contributed by atoms with Crippen molar-refractivity contribution in [3.8, 4) is 0 Å². The number of hydrogen-bond acceptors (Lipinski definition) is 1. The summed E-state index contributed by atoms with van der Waals surface area (Å²) in [6.45, 7) is 4.03. The number of aromatic nitrogens is 1. The molecule has 14 heavy (non-hydrogen) atoms. The van der Waals surface area contributed by atoms with E-state index in [2.05, 4.69) is 46.6 Å². The van der Waals surface area contributed by atoms with Crippen LogP contribution in [0.4, 0.5) is 0 Å². The number of fused-ring (bicyclic) bond motifs is 1. The van der Waals surface area contributed by atoms with Crippen molar-refractivity contribution in [3.63, 3.8) is 0 Å². The van der Waals surface area contributed by atoms with Gasteiger partial charge in [0.25, 0.3) is 0 Å². The van der Waals surface area contributed by atoms with Crippen LogP contribution in [0.3, 0.4) is 0 Å². The monoisotopic (exact) mass is 317 g/mol. The van der Waals surface area contributed by atoms with Crippen LogP contribution in [0.15, 0.2) is 18.2 Å². The van der Waals surface area contributed by atoms with Crippen LogP contribution in [0.2, 0.25) is 5.02 Å². The first-order chi connectivity index (χ1) is 6.58. The zero-order valence-corrected chi connectivity index (χ0v) is 10.8. The molecule has 1 nitrogen and oxygen atoms in total. The first-order valence-corrected chi connectivity index (χ1v) is 5.76. The summed E-state index contributed by atoms with van der Waals surface area (Å²) < 4.78 is 1.16. The fraction of sp³-hybridized carbons (Fsp3) is 0.182. The van der Waals surface area contributed by atoms with Gasteiger partial charge >= 0.3 is 0 Å².